The molecule has 8 nitrogen and oxygen atoms in total. The minimum Gasteiger partial charge on any atom is -0.452 e. The quantitative estimate of drug-likeness (QED) is 0.285. The average molecular weight is 523 g/mol. The number of halogens is 1. The van der Waals surface area contributed by atoms with Crippen LogP contribution in [0, 0.1) is 0 Å². The van der Waals surface area contributed by atoms with Crippen LogP contribution in [0.2, 0.25) is 0 Å². The lowest BCUT2D eigenvalue weighted by atomic mass is 9.96. The number of alkyl halides is 1. The molecule has 2 saturated heterocycles. The van der Waals surface area contributed by atoms with Gasteiger partial charge < -0.3 is 9.47 Å². The van der Waals surface area contributed by atoms with Crippen molar-refractivity contribution in [3.8, 4) is 21.9 Å². The second-order valence-corrected chi connectivity index (χ2v) is 11.4. The zero-order valence-corrected chi connectivity index (χ0v) is 21.6. The number of fused-ring (bicyclic) bond motifs is 1. The fraction of sp³-hybridized carbons (Fsp3) is 0.519. The minimum atomic E-state index is -0.252. The fourth-order valence-electron chi connectivity index (χ4n) is 5.34. The molecule has 3 aliphatic rings. The number of rotatable bonds is 9. The van der Waals surface area contributed by atoms with Gasteiger partial charge >= 0.3 is 0 Å². The molecule has 37 heavy (non-hydrogen) atoms. The highest BCUT2D eigenvalue weighted by Crippen LogP contribution is 2.43. The molecular formula is C27H31FN6O2S. The second kappa shape index (κ2) is 9.81. The smallest absolute Gasteiger partial charge is 0.168 e. The molecule has 0 spiro atoms. The summed E-state index contributed by atoms with van der Waals surface area (Å²) in [7, 11) is 0. The predicted molar refractivity (Wildman–Crippen MR) is 140 cm³/mol. The lowest BCUT2D eigenvalue weighted by molar-refractivity contribution is 0.0839. The molecule has 0 amide bonds. The van der Waals surface area contributed by atoms with Crippen LogP contribution in [0.25, 0.3) is 20.7 Å². The second-order valence-electron chi connectivity index (χ2n) is 10.4. The Morgan fingerprint density at radius 2 is 1.92 bits per heavy atom. The molecule has 2 aliphatic heterocycles. The third kappa shape index (κ3) is 4.66. The number of ether oxygens (including phenoxy) is 2. The Labute approximate surface area is 219 Å². The summed E-state index contributed by atoms with van der Waals surface area (Å²) < 4.78 is 29.8. The van der Waals surface area contributed by atoms with Crippen molar-refractivity contribution in [1.29, 1.82) is 0 Å². The minimum absolute atomic E-state index is 0.252. The van der Waals surface area contributed by atoms with Gasteiger partial charge in [0.15, 0.2) is 5.75 Å². The predicted octanol–water partition coefficient (Wildman–Crippen LogP) is 5.59. The van der Waals surface area contributed by atoms with E-state index in [1.165, 1.54) is 12.8 Å². The van der Waals surface area contributed by atoms with Gasteiger partial charge in [0.05, 0.1) is 41.4 Å². The van der Waals surface area contributed by atoms with Crippen LogP contribution >= 0.6 is 11.3 Å². The summed E-state index contributed by atoms with van der Waals surface area (Å²) in [5, 5.41) is 9.60. The Morgan fingerprint density at radius 1 is 1.05 bits per heavy atom. The van der Waals surface area contributed by atoms with Crippen LogP contribution in [0.3, 0.4) is 0 Å². The van der Waals surface area contributed by atoms with Gasteiger partial charge in [-0.05, 0) is 38.2 Å². The highest BCUT2D eigenvalue weighted by Gasteiger charge is 2.31. The molecule has 4 aromatic heterocycles. The Morgan fingerprint density at radius 3 is 2.73 bits per heavy atom. The van der Waals surface area contributed by atoms with Gasteiger partial charge in [-0.25, -0.2) is 0 Å². The van der Waals surface area contributed by atoms with E-state index in [0.29, 0.717) is 24.4 Å². The van der Waals surface area contributed by atoms with Crippen molar-refractivity contribution >= 4 is 21.6 Å². The summed E-state index contributed by atoms with van der Waals surface area (Å²) in [5.41, 5.74) is 3.06. The summed E-state index contributed by atoms with van der Waals surface area (Å²) in [6, 6.07) is 4.93. The number of pyridine rings is 1. The van der Waals surface area contributed by atoms with Gasteiger partial charge in [-0.3, -0.25) is 23.6 Å². The van der Waals surface area contributed by atoms with Gasteiger partial charge in [0.2, 0.25) is 0 Å². The lowest BCUT2D eigenvalue weighted by Gasteiger charge is -2.39. The zero-order chi connectivity index (χ0) is 24.8. The molecule has 7 rings (SSSR count). The van der Waals surface area contributed by atoms with E-state index in [4.69, 9.17) is 14.6 Å². The van der Waals surface area contributed by atoms with E-state index in [9.17, 15) is 4.39 Å². The van der Waals surface area contributed by atoms with Crippen molar-refractivity contribution in [2.75, 3.05) is 39.5 Å². The maximum Gasteiger partial charge on any atom is 0.168 e. The van der Waals surface area contributed by atoms with E-state index in [0.717, 1.165) is 83.5 Å². The first-order valence-corrected chi connectivity index (χ1v) is 14.1. The third-order valence-electron chi connectivity index (χ3n) is 7.66. The number of aromatic nitrogens is 5. The highest BCUT2D eigenvalue weighted by molar-refractivity contribution is 7.22. The zero-order valence-electron chi connectivity index (χ0n) is 20.8. The summed E-state index contributed by atoms with van der Waals surface area (Å²) in [5.74, 6) is 2.04. The average Bonchev–Trinajstić information content (AvgIpc) is 3.28. The van der Waals surface area contributed by atoms with Gasteiger partial charge in [0.1, 0.15) is 11.4 Å². The van der Waals surface area contributed by atoms with Crippen LogP contribution in [0.1, 0.15) is 55.8 Å². The first-order chi connectivity index (χ1) is 18.2. The van der Waals surface area contributed by atoms with Gasteiger partial charge in [-0.2, -0.15) is 10.2 Å². The largest absolute Gasteiger partial charge is 0.452 e. The number of hydrogen-bond acceptors (Lipinski definition) is 7. The first kappa shape index (κ1) is 23.3. The molecule has 3 fully saturated rings. The molecule has 0 atom stereocenters. The first-order valence-electron chi connectivity index (χ1n) is 13.3. The van der Waals surface area contributed by atoms with Crippen molar-refractivity contribution in [3.05, 3.63) is 42.6 Å². The lowest BCUT2D eigenvalue weighted by Crippen LogP contribution is -2.48. The fourth-order valence-corrected chi connectivity index (χ4v) is 6.38. The maximum absolute atomic E-state index is 12.4. The number of likely N-dealkylation sites (tertiary alicyclic amines) is 1. The molecule has 194 valence electrons. The van der Waals surface area contributed by atoms with E-state index in [1.807, 2.05) is 23.1 Å². The van der Waals surface area contributed by atoms with E-state index in [1.54, 1.807) is 11.3 Å². The third-order valence-corrected chi connectivity index (χ3v) is 8.84. The summed E-state index contributed by atoms with van der Waals surface area (Å²) in [6.07, 6.45) is 12.9. The topological polar surface area (TPSA) is 70.2 Å². The van der Waals surface area contributed by atoms with Crippen molar-refractivity contribution in [2.45, 2.75) is 50.1 Å². The Hall–Kier alpha value is -2.82. The molecular weight excluding hydrogens is 491 g/mol. The molecule has 1 aliphatic carbocycles. The van der Waals surface area contributed by atoms with Crippen LogP contribution in [0.5, 0.6) is 11.5 Å². The molecule has 4 aromatic rings. The van der Waals surface area contributed by atoms with E-state index in [-0.39, 0.29) is 6.67 Å². The summed E-state index contributed by atoms with van der Waals surface area (Å²) in [4.78, 5) is 8.02. The van der Waals surface area contributed by atoms with Crippen LogP contribution < -0.4 is 4.74 Å². The number of thiophene rings is 1. The normalized spacial score (nSPS) is 19.5. The molecule has 0 N–H and O–H groups in total. The standard InChI is InChI=1S/C27H31FN6O2S/c28-7-1-9-32-15-21(16-32)33-14-19(13-30-33)25-12-22-27(37-25)23(4-8-29-22)36-24-17-34(20-2-3-20)31-26(24)18-5-10-35-11-6-18/h4,8,12-14,17-18,20-21H,1-3,5-7,9-11,15-16H2. The molecule has 0 unspecified atom stereocenters. The Bertz CT molecular complexity index is 1380. The van der Waals surface area contributed by atoms with Crippen LogP contribution in [-0.4, -0.2) is 69.0 Å². The van der Waals surface area contributed by atoms with Crippen LogP contribution in [0.4, 0.5) is 4.39 Å². The van der Waals surface area contributed by atoms with Gasteiger partial charge in [0.25, 0.3) is 0 Å². The van der Waals surface area contributed by atoms with Gasteiger partial charge in [-0.1, -0.05) is 0 Å². The van der Waals surface area contributed by atoms with Crippen LogP contribution in [-0.2, 0) is 4.74 Å². The van der Waals surface area contributed by atoms with E-state index < -0.39 is 0 Å². The maximum atomic E-state index is 12.4. The van der Waals surface area contributed by atoms with Crippen molar-refractivity contribution in [1.82, 2.24) is 29.4 Å². The van der Waals surface area contributed by atoms with Gasteiger partial charge in [-0.15, -0.1) is 11.3 Å². The molecule has 10 heteroatoms. The molecule has 1 saturated carbocycles. The van der Waals surface area contributed by atoms with Gasteiger partial charge in [0, 0.05) is 67.7 Å². The molecule has 0 aromatic carbocycles. The number of hydrogen-bond donors (Lipinski definition) is 0. The van der Waals surface area contributed by atoms with E-state index in [2.05, 4.69) is 38.1 Å². The number of nitrogens with zero attached hydrogens (tertiary/aromatic N) is 6. The highest BCUT2D eigenvalue weighted by atomic mass is 32.1. The summed E-state index contributed by atoms with van der Waals surface area (Å²) >= 11 is 1.69. The van der Waals surface area contributed by atoms with Crippen molar-refractivity contribution in [3.63, 3.8) is 0 Å². The van der Waals surface area contributed by atoms with E-state index >= 15 is 0 Å². The molecule has 6 heterocycles. The summed E-state index contributed by atoms with van der Waals surface area (Å²) in [6.45, 7) is 3.98. The van der Waals surface area contributed by atoms with Crippen molar-refractivity contribution < 1.29 is 13.9 Å². The molecule has 0 radical (unpaired) electrons. The SMILES string of the molecule is FCCCN1CC(n2cc(-c3cc4nccc(Oc5cn(C6CC6)nc5C5CCOCC5)c4s3)cn2)C1. The molecule has 0 bridgehead atoms. The monoisotopic (exact) mass is 522 g/mol. The Kier molecular flexibility index (Phi) is 6.18. The van der Waals surface area contributed by atoms with Crippen LogP contribution in [0.15, 0.2) is 36.9 Å². The van der Waals surface area contributed by atoms with Crippen molar-refractivity contribution in [2.24, 2.45) is 0 Å². The Balaban J connectivity index is 1.13.